The standard InChI is InChI=1S/C11H18N2O2/c1-8(11(12)15)13-10(14)7-9-5-3-2-4-6-9/h7-8H,2-6H2,1H3,(H2,12,15)(H,13,14)/t8-/m1/s1. The van der Waals surface area contributed by atoms with Gasteiger partial charge in [-0.25, -0.2) is 0 Å². The fourth-order valence-electron chi connectivity index (χ4n) is 1.66. The lowest BCUT2D eigenvalue weighted by Crippen LogP contribution is -2.41. The number of rotatable bonds is 3. The highest BCUT2D eigenvalue weighted by Crippen LogP contribution is 2.22. The zero-order valence-electron chi connectivity index (χ0n) is 9.08. The molecule has 4 nitrogen and oxygen atoms in total. The van der Waals surface area contributed by atoms with Crippen LogP contribution in [0.3, 0.4) is 0 Å². The third kappa shape index (κ3) is 4.14. The molecule has 3 N–H and O–H groups in total. The van der Waals surface area contributed by atoms with Gasteiger partial charge in [0.25, 0.3) is 0 Å². The van der Waals surface area contributed by atoms with Crippen LogP contribution in [-0.4, -0.2) is 17.9 Å². The van der Waals surface area contributed by atoms with Gasteiger partial charge < -0.3 is 11.1 Å². The highest BCUT2D eigenvalue weighted by Gasteiger charge is 2.12. The molecule has 1 fully saturated rings. The Balaban J connectivity index is 2.43. The number of allylic oxidation sites excluding steroid dienone is 1. The number of carbonyl (C=O) groups is 2. The molecule has 15 heavy (non-hydrogen) atoms. The molecular formula is C11H18N2O2. The molecule has 0 aromatic rings. The van der Waals surface area contributed by atoms with Crippen LogP contribution in [-0.2, 0) is 9.59 Å². The molecule has 0 unspecified atom stereocenters. The van der Waals surface area contributed by atoms with E-state index in [0.717, 1.165) is 25.7 Å². The van der Waals surface area contributed by atoms with Crippen molar-refractivity contribution >= 4 is 11.8 Å². The van der Waals surface area contributed by atoms with Crippen molar-refractivity contribution in [3.05, 3.63) is 11.6 Å². The molecule has 0 aromatic carbocycles. The van der Waals surface area contributed by atoms with Crippen LogP contribution in [0.4, 0.5) is 0 Å². The highest BCUT2D eigenvalue weighted by molar-refractivity contribution is 5.92. The minimum absolute atomic E-state index is 0.210. The summed E-state index contributed by atoms with van der Waals surface area (Å²) >= 11 is 0. The second kappa shape index (κ2) is 5.53. The maximum Gasteiger partial charge on any atom is 0.244 e. The van der Waals surface area contributed by atoms with E-state index in [2.05, 4.69) is 5.32 Å². The molecule has 1 rings (SSSR count). The van der Waals surface area contributed by atoms with Gasteiger partial charge in [0.05, 0.1) is 0 Å². The normalized spacial score (nSPS) is 18.1. The second-order valence-electron chi connectivity index (χ2n) is 4.00. The van der Waals surface area contributed by atoms with Crippen molar-refractivity contribution in [3.8, 4) is 0 Å². The van der Waals surface area contributed by atoms with Gasteiger partial charge >= 0.3 is 0 Å². The Labute approximate surface area is 89.9 Å². The second-order valence-corrected chi connectivity index (χ2v) is 4.00. The topological polar surface area (TPSA) is 72.2 Å². The summed E-state index contributed by atoms with van der Waals surface area (Å²) in [7, 11) is 0. The summed E-state index contributed by atoms with van der Waals surface area (Å²) < 4.78 is 0. The van der Waals surface area contributed by atoms with E-state index in [1.807, 2.05) is 0 Å². The quantitative estimate of drug-likeness (QED) is 0.678. The van der Waals surface area contributed by atoms with E-state index >= 15 is 0 Å². The summed E-state index contributed by atoms with van der Waals surface area (Å²) in [5.41, 5.74) is 6.22. The zero-order valence-corrected chi connectivity index (χ0v) is 9.08. The molecule has 0 spiro atoms. The lowest BCUT2D eigenvalue weighted by Gasteiger charge is -2.14. The first kappa shape index (κ1) is 11.8. The monoisotopic (exact) mass is 210 g/mol. The molecule has 1 aliphatic carbocycles. The van der Waals surface area contributed by atoms with Crippen molar-refractivity contribution < 1.29 is 9.59 Å². The average Bonchev–Trinajstić information content (AvgIpc) is 2.18. The largest absolute Gasteiger partial charge is 0.368 e. The van der Waals surface area contributed by atoms with E-state index in [1.54, 1.807) is 13.0 Å². The Kier molecular flexibility index (Phi) is 4.34. The van der Waals surface area contributed by atoms with Gasteiger partial charge in [0.2, 0.25) is 11.8 Å². The number of nitrogens with two attached hydrogens (primary N) is 1. The molecule has 0 bridgehead atoms. The zero-order chi connectivity index (χ0) is 11.3. The van der Waals surface area contributed by atoms with Crippen molar-refractivity contribution in [2.75, 3.05) is 0 Å². The van der Waals surface area contributed by atoms with E-state index in [1.165, 1.54) is 12.0 Å². The molecule has 0 heterocycles. The van der Waals surface area contributed by atoms with Crippen molar-refractivity contribution in [1.82, 2.24) is 5.32 Å². The number of carbonyl (C=O) groups excluding carboxylic acids is 2. The molecule has 84 valence electrons. The lowest BCUT2D eigenvalue weighted by molar-refractivity contribution is -0.124. The van der Waals surface area contributed by atoms with Gasteiger partial charge in [-0.3, -0.25) is 9.59 Å². The fraction of sp³-hybridized carbons (Fsp3) is 0.636. The first-order chi connectivity index (χ1) is 7.09. The minimum Gasteiger partial charge on any atom is -0.368 e. The van der Waals surface area contributed by atoms with Gasteiger partial charge in [0.1, 0.15) is 6.04 Å². The SMILES string of the molecule is C[C@@H](NC(=O)C=C1CCCCC1)C(N)=O. The number of hydrogen-bond acceptors (Lipinski definition) is 2. The van der Waals surface area contributed by atoms with E-state index < -0.39 is 11.9 Å². The predicted molar refractivity (Wildman–Crippen MR) is 58.0 cm³/mol. The average molecular weight is 210 g/mol. The van der Waals surface area contributed by atoms with Crippen LogP contribution in [0.2, 0.25) is 0 Å². The van der Waals surface area contributed by atoms with Crippen molar-refractivity contribution in [2.24, 2.45) is 5.73 Å². The molecule has 1 atom stereocenters. The third-order valence-corrected chi connectivity index (χ3v) is 2.62. The Morgan fingerprint density at radius 1 is 1.33 bits per heavy atom. The molecule has 4 heteroatoms. The first-order valence-electron chi connectivity index (χ1n) is 5.39. The maximum absolute atomic E-state index is 11.4. The fourth-order valence-corrected chi connectivity index (χ4v) is 1.66. The smallest absolute Gasteiger partial charge is 0.244 e. The van der Waals surface area contributed by atoms with Crippen LogP contribution in [0.1, 0.15) is 39.0 Å². The minimum atomic E-state index is -0.599. The number of hydrogen-bond donors (Lipinski definition) is 2. The van der Waals surface area contributed by atoms with Crippen LogP contribution >= 0.6 is 0 Å². The summed E-state index contributed by atoms with van der Waals surface area (Å²) in [4.78, 5) is 22.1. The molecule has 2 amide bonds. The van der Waals surface area contributed by atoms with Crippen LogP contribution in [0, 0.1) is 0 Å². The summed E-state index contributed by atoms with van der Waals surface area (Å²) in [6.45, 7) is 1.58. The van der Waals surface area contributed by atoms with E-state index in [0.29, 0.717) is 0 Å². The van der Waals surface area contributed by atoms with Gasteiger partial charge in [0, 0.05) is 6.08 Å². The van der Waals surface area contributed by atoms with Gasteiger partial charge in [0.15, 0.2) is 0 Å². The van der Waals surface area contributed by atoms with Gasteiger partial charge in [-0.2, -0.15) is 0 Å². The molecule has 1 saturated carbocycles. The van der Waals surface area contributed by atoms with Crippen LogP contribution in [0.15, 0.2) is 11.6 Å². The van der Waals surface area contributed by atoms with E-state index in [-0.39, 0.29) is 5.91 Å². The summed E-state index contributed by atoms with van der Waals surface area (Å²) in [5, 5.41) is 2.54. The lowest BCUT2D eigenvalue weighted by atomic mass is 9.94. The molecule has 0 aromatic heterocycles. The van der Waals surface area contributed by atoms with Crippen LogP contribution in [0.25, 0.3) is 0 Å². The highest BCUT2D eigenvalue weighted by atomic mass is 16.2. The summed E-state index contributed by atoms with van der Waals surface area (Å²) in [6, 6.07) is -0.599. The maximum atomic E-state index is 11.4. The van der Waals surface area contributed by atoms with Crippen molar-refractivity contribution in [3.63, 3.8) is 0 Å². The molecule has 0 aliphatic heterocycles. The van der Waals surface area contributed by atoms with E-state index in [4.69, 9.17) is 5.73 Å². The van der Waals surface area contributed by atoms with Crippen LogP contribution < -0.4 is 11.1 Å². The van der Waals surface area contributed by atoms with E-state index in [9.17, 15) is 9.59 Å². The van der Waals surface area contributed by atoms with Gasteiger partial charge in [-0.05, 0) is 32.6 Å². The summed E-state index contributed by atoms with van der Waals surface area (Å²) in [6.07, 6.45) is 7.17. The molecule has 0 saturated heterocycles. The van der Waals surface area contributed by atoms with Crippen molar-refractivity contribution in [2.45, 2.75) is 45.1 Å². The Hall–Kier alpha value is -1.32. The Bertz CT molecular complexity index is 276. The molecule has 0 radical (unpaired) electrons. The number of amides is 2. The number of primary amides is 1. The van der Waals surface area contributed by atoms with Gasteiger partial charge in [-0.1, -0.05) is 12.0 Å². The number of nitrogens with one attached hydrogen (secondary N) is 1. The Morgan fingerprint density at radius 2 is 1.93 bits per heavy atom. The Morgan fingerprint density at radius 3 is 2.47 bits per heavy atom. The third-order valence-electron chi connectivity index (χ3n) is 2.62. The van der Waals surface area contributed by atoms with Crippen LogP contribution in [0.5, 0.6) is 0 Å². The van der Waals surface area contributed by atoms with Crippen molar-refractivity contribution in [1.29, 1.82) is 0 Å². The predicted octanol–water partition coefficient (Wildman–Crippen LogP) is 0.867. The van der Waals surface area contributed by atoms with Gasteiger partial charge in [-0.15, -0.1) is 0 Å². The molecular weight excluding hydrogens is 192 g/mol. The molecule has 1 aliphatic rings. The summed E-state index contributed by atoms with van der Waals surface area (Å²) in [5.74, 6) is -0.719. The first-order valence-corrected chi connectivity index (χ1v) is 5.39.